The van der Waals surface area contributed by atoms with Gasteiger partial charge in [0.25, 0.3) is 5.52 Å². The monoisotopic (exact) mass is 304 g/mol. The summed E-state index contributed by atoms with van der Waals surface area (Å²) in [5.74, 6) is -1.14. The SMILES string of the molecule is CCNC(=O)CNC(=O)c1c(C)n([O-])c2ccccc2[n+]1=O. The summed E-state index contributed by atoms with van der Waals surface area (Å²) in [6.07, 6.45) is 0. The van der Waals surface area contributed by atoms with Crippen molar-refractivity contribution >= 4 is 22.8 Å². The Morgan fingerprint density at radius 2 is 1.95 bits per heavy atom. The van der Waals surface area contributed by atoms with Crippen molar-refractivity contribution in [3.63, 3.8) is 0 Å². The molecule has 2 amide bonds. The van der Waals surface area contributed by atoms with Crippen LogP contribution in [0.15, 0.2) is 24.3 Å². The minimum absolute atomic E-state index is 0.0258. The Kier molecular flexibility index (Phi) is 4.40. The summed E-state index contributed by atoms with van der Waals surface area (Å²) < 4.78 is 0.941. The van der Waals surface area contributed by atoms with Gasteiger partial charge in [0.2, 0.25) is 5.91 Å². The highest BCUT2D eigenvalue weighted by molar-refractivity contribution is 5.95. The van der Waals surface area contributed by atoms with Crippen LogP contribution in [0.5, 0.6) is 0 Å². The molecular weight excluding hydrogens is 288 g/mol. The van der Waals surface area contributed by atoms with E-state index in [2.05, 4.69) is 10.6 Å². The number of carbonyl (C=O) groups excluding carboxylic acids is 2. The molecule has 0 aliphatic rings. The third-order valence-electron chi connectivity index (χ3n) is 3.17. The van der Waals surface area contributed by atoms with Crippen LogP contribution in [0.1, 0.15) is 23.1 Å². The van der Waals surface area contributed by atoms with Crippen LogP contribution in [-0.4, -0.2) is 29.6 Å². The van der Waals surface area contributed by atoms with Crippen LogP contribution in [0.2, 0.25) is 0 Å². The molecule has 0 spiro atoms. The van der Waals surface area contributed by atoms with Crippen molar-refractivity contribution < 1.29 is 14.0 Å². The number of para-hydroxylation sites is 2. The molecule has 0 fully saturated rings. The highest BCUT2D eigenvalue weighted by atomic mass is 16.5. The summed E-state index contributed by atoms with van der Waals surface area (Å²) in [7, 11) is 0. The van der Waals surface area contributed by atoms with Crippen LogP contribution in [0, 0.1) is 17.0 Å². The molecule has 0 radical (unpaired) electrons. The van der Waals surface area contributed by atoms with Crippen LogP contribution >= 0.6 is 0 Å². The van der Waals surface area contributed by atoms with E-state index in [4.69, 9.17) is 0 Å². The molecule has 2 N–H and O–H groups in total. The number of likely N-dealkylation sites (N-methyl/N-ethyl adjacent to an activating group) is 1. The number of aromatic nitrogens is 2. The molecule has 8 heteroatoms. The molecule has 22 heavy (non-hydrogen) atoms. The van der Waals surface area contributed by atoms with Crippen LogP contribution < -0.4 is 15.1 Å². The van der Waals surface area contributed by atoms with E-state index in [1.165, 1.54) is 19.1 Å². The fourth-order valence-electron chi connectivity index (χ4n) is 2.11. The van der Waals surface area contributed by atoms with Gasteiger partial charge >= 0.3 is 11.6 Å². The van der Waals surface area contributed by atoms with Crippen LogP contribution in [0.3, 0.4) is 0 Å². The minimum Gasteiger partial charge on any atom is -0.805 e. The zero-order valence-corrected chi connectivity index (χ0v) is 12.3. The highest BCUT2D eigenvalue weighted by Gasteiger charge is 2.26. The van der Waals surface area contributed by atoms with Gasteiger partial charge in [-0.2, -0.15) is 0 Å². The van der Waals surface area contributed by atoms with E-state index in [1.54, 1.807) is 19.1 Å². The fourth-order valence-corrected chi connectivity index (χ4v) is 2.11. The second kappa shape index (κ2) is 6.25. The van der Waals surface area contributed by atoms with Crippen LogP contribution in [-0.2, 0) is 4.79 Å². The minimum atomic E-state index is -0.769. The summed E-state index contributed by atoms with van der Waals surface area (Å²) in [5.41, 5.74) is -0.0818. The molecule has 116 valence electrons. The standard InChI is InChI=1S/C14H16N4O4/c1-3-15-12(19)8-16-14(20)13-9(2)17(21)10-6-4-5-7-11(10)18(13)22/h4-7H,3,8H2,1-2H3,(H,15,19)(H,16,20). The Morgan fingerprint density at radius 3 is 2.64 bits per heavy atom. The van der Waals surface area contributed by atoms with E-state index in [0.29, 0.717) is 15.7 Å². The molecule has 2 rings (SSSR count). The number of fused-ring (bicyclic) bond motifs is 1. The number of nitrogens with one attached hydrogen (secondary N) is 2. The number of hydrogen-bond donors (Lipinski definition) is 2. The number of amides is 2. The number of nitrogens with zero attached hydrogens (tertiary/aromatic N) is 2. The van der Waals surface area contributed by atoms with E-state index in [0.717, 1.165) is 0 Å². The maximum absolute atomic E-state index is 12.3. The Hall–Kier alpha value is -2.90. The Labute approximate surface area is 125 Å². The highest BCUT2D eigenvalue weighted by Crippen LogP contribution is 2.13. The van der Waals surface area contributed by atoms with Gasteiger partial charge in [0.05, 0.1) is 16.7 Å². The molecule has 1 aromatic heterocycles. The predicted octanol–water partition coefficient (Wildman–Crippen LogP) is 0.0760. The molecule has 0 unspecified atom stereocenters. The van der Waals surface area contributed by atoms with Crippen molar-refractivity contribution in [2.24, 2.45) is 0 Å². The zero-order valence-electron chi connectivity index (χ0n) is 12.3. The van der Waals surface area contributed by atoms with Gasteiger partial charge < -0.3 is 20.6 Å². The van der Waals surface area contributed by atoms with Crippen LogP contribution in [0.25, 0.3) is 11.0 Å². The summed E-state index contributed by atoms with van der Waals surface area (Å²) >= 11 is 0. The number of rotatable bonds is 4. The number of benzene rings is 1. The molecule has 8 nitrogen and oxygen atoms in total. The maximum atomic E-state index is 12.3. The molecule has 0 atom stereocenters. The Balaban J connectivity index is 2.41. The van der Waals surface area contributed by atoms with E-state index < -0.39 is 5.91 Å². The van der Waals surface area contributed by atoms with Crippen molar-refractivity contribution in [3.05, 3.63) is 45.8 Å². The van der Waals surface area contributed by atoms with Gasteiger partial charge in [-0.25, -0.2) is 0 Å². The average Bonchev–Trinajstić information content (AvgIpc) is 2.51. The zero-order chi connectivity index (χ0) is 16.3. The summed E-state index contributed by atoms with van der Waals surface area (Å²) in [5, 5.41) is 17.0. The first-order valence-corrected chi connectivity index (χ1v) is 6.76. The molecular formula is C14H16N4O4. The molecule has 2 aromatic rings. The fraction of sp³-hybridized carbons (Fsp3) is 0.286. The Morgan fingerprint density at radius 1 is 1.27 bits per heavy atom. The first kappa shape index (κ1) is 15.5. The second-order valence-electron chi connectivity index (χ2n) is 4.65. The van der Waals surface area contributed by atoms with Crippen molar-refractivity contribution in [3.8, 4) is 0 Å². The molecule has 0 saturated carbocycles. The lowest BCUT2D eigenvalue weighted by Gasteiger charge is -2.16. The lowest BCUT2D eigenvalue weighted by atomic mass is 10.2. The smallest absolute Gasteiger partial charge is 0.346 e. The Bertz CT molecular complexity index is 797. The number of carbonyl (C=O) groups is 2. The van der Waals surface area contributed by atoms with Gasteiger partial charge in [-0.05, 0) is 19.9 Å². The third kappa shape index (κ3) is 2.76. The molecule has 0 bridgehead atoms. The lowest BCUT2D eigenvalue weighted by molar-refractivity contribution is -0.468. The van der Waals surface area contributed by atoms with Crippen molar-refractivity contribution in [1.82, 2.24) is 15.4 Å². The topological polar surface area (TPSA) is 109 Å². The maximum Gasteiger partial charge on any atom is 0.346 e. The van der Waals surface area contributed by atoms with Gasteiger partial charge in [-0.1, -0.05) is 12.1 Å². The van der Waals surface area contributed by atoms with Crippen LogP contribution in [0.4, 0.5) is 0 Å². The molecule has 1 aromatic carbocycles. The van der Waals surface area contributed by atoms with Gasteiger partial charge in [0.1, 0.15) is 5.52 Å². The predicted molar refractivity (Wildman–Crippen MR) is 79.8 cm³/mol. The first-order valence-electron chi connectivity index (χ1n) is 6.76. The molecule has 0 aliphatic heterocycles. The van der Waals surface area contributed by atoms with E-state index in [9.17, 15) is 19.7 Å². The lowest BCUT2D eigenvalue weighted by Crippen LogP contribution is -2.41. The summed E-state index contributed by atoms with van der Waals surface area (Å²) in [6, 6.07) is 6.18. The quantitative estimate of drug-likeness (QED) is 0.779. The first-order chi connectivity index (χ1) is 10.5. The van der Waals surface area contributed by atoms with Gasteiger partial charge in [-0.3, -0.25) is 9.59 Å². The molecule has 0 saturated heterocycles. The van der Waals surface area contributed by atoms with Crippen molar-refractivity contribution in [2.75, 3.05) is 13.1 Å². The van der Waals surface area contributed by atoms with E-state index in [1.807, 2.05) is 0 Å². The van der Waals surface area contributed by atoms with Gasteiger partial charge in [0.15, 0.2) is 0 Å². The molecule has 1 heterocycles. The summed E-state index contributed by atoms with van der Waals surface area (Å²) in [4.78, 5) is 35.8. The van der Waals surface area contributed by atoms with Gasteiger partial charge in [0, 0.05) is 17.5 Å². The normalized spacial score (nSPS) is 10.5. The van der Waals surface area contributed by atoms with E-state index in [-0.39, 0.29) is 34.9 Å². The largest absolute Gasteiger partial charge is 0.805 e. The summed E-state index contributed by atoms with van der Waals surface area (Å²) in [6.45, 7) is 3.30. The van der Waals surface area contributed by atoms with Crippen molar-refractivity contribution in [1.29, 1.82) is 0 Å². The van der Waals surface area contributed by atoms with Crippen molar-refractivity contribution in [2.45, 2.75) is 13.8 Å². The average molecular weight is 304 g/mol. The number of hydrogen-bond acceptors (Lipinski definition) is 4. The van der Waals surface area contributed by atoms with Gasteiger partial charge in [-0.15, -0.1) is 0 Å². The van der Waals surface area contributed by atoms with E-state index >= 15 is 0 Å². The second-order valence-corrected chi connectivity index (χ2v) is 4.65. The molecule has 0 aliphatic carbocycles. The third-order valence-corrected chi connectivity index (χ3v) is 3.17.